The van der Waals surface area contributed by atoms with Crippen LogP contribution in [0.15, 0.2) is 48.5 Å². The average Bonchev–Trinajstić information content (AvgIpc) is 2.38. The number of benzene rings is 2. The number of nitrogens with one attached hydrogen (secondary N) is 1. The number of ether oxygens (including phenoxy) is 1. The summed E-state index contributed by atoms with van der Waals surface area (Å²) in [5.41, 5.74) is 1.27. The molecular formula is C15H16INO. The van der Waals surface area contributed by atoms with E-state index < -0.39 is 0 Å². The van der Waals surface area contributed by atoms with Gasteiger partial charge in [-0.2, -0.15) is 0 Å². The van der Waals surface area contributed by atoms with Crippen LogP contribution in [0.2, 0.25) is 0 Å². The molecule has 18 heavy (non-hydrogen) atoms. The Morgan fingerprint density at radius 3 is 2.50 bits per heavy atom. The highest BCUT2D eigenvalue weighted by molar-refractivity contribution is 14.1. The van der Waals surface area contributed by atoms with E-state index in [4.69, 9.17) is 4.74 Å². The van der Waals surface area contributed by atoms with Gasteiger partial charge in [0, 0.05) is 10.1 Å². The number of halogens is 1. The fraction of sp³-hybridized carbons (Fsp3) is 0.200. The zero-order valence-electron chi connectivity index (χ0n) is 10.3. The summed E-state index contributed by atoms with van der Waals surface area (Å²) >= 11 is 2.28. The zero-order valence-corrected chi connectivity index (χ0v) is 12.5. The molecule has 0 radical (unpaired) electrons. The Hall–Kier alpha value is -1.07. The molecule has 0 aliphatic carbocycles. The molecule has 2 nitrogen and oxygen atoms in total. The lowest BCUT2D eigenvalue weighted by Gasteiger charge is -2.07. The van der Waals surface area contributed by atoms with E-state index in [0.29, 0.717) is 0 Å². The van der Waals surface area contributed by atoms with E-state index in [1.165, 1.54) is 9.13 Å². The predicted octanol–water partition coefficient (Wildman–Crippen LogP) is 4.19. The summed E-state index contributed by atoms with van der Waals surface area (Å²) in [5, 5.41) is 3.30. The minimum atomic E-state index is 0.872. The van der Waals surface area contributed by atoms with Gasteiger partial charge in [0.2, 0.25) is 0 Å². The van der Waals surface area contributed by atoms with E-state index in [1.54, 1.807) is 0 Å². The number of hydrogen-bond acceptors (Lipinski definition) is 2. The fourth-order valence-electron chi connectivity index (χ4n) is 1.61. The quantitative estimate of drug-likeness (QED) is 0.814. The van der Waals surface area contributed by atoms with Crippen molar-refractivity contribution >= 4 is 22.6 Å². The van der Waals surface area contributed by atoms with Crippen LogP contribution in [-0.2, 0) is 6.54 Å². The molecule has 0 fully saturated rings. The first-order valence-electron chi connectivity index (χ1n) is 6.01. The first kappa shape index (κ1) is 13.4. The van der Waals surface area contributed by atoms with Crippen molar-refractivity contribution in [1.82, 2.24) is 5.32 Å². The summed E-state index contributed by atoms with van der Waals surface area (Å²) in [6, 6.07) is 16.2. The van der Waals surface area contributed by atoms with Gasteiger partial charge in [0.1, 0.15) is 11.5 Å². The van der Waals surface area contributed by atoms with E-state index in [-0.39, 0.29) is 0 Å². The number of rotatable bonds is 5. The molecule has 0 unspecified atom stereocenters. The summed E-state index contributed by atoms with van der Waals surface area (Å²) < 4.78 is 6.97. The number of hydrogen-bond donors (Lipinski definition) is 1. The monoisotopic (exact) mass is 353 g/mol. The van der Waals surface area contributed by atoms with Crippen molar-refractivity contribution in [2.24, 2.45) is 0 Å². The van der Waals surface area contributed by atoms with Crippen molar-refractivity contribution in [3.05, 3.63) is 57.7 Å². The minimum absolute atomic E-state index is 0.872. The van der Waals surface area contributed by atoms with Crippen LogP contribution in [0.25, 0.3) is 0 Å². The highest BCUT2D eigenvalue weighted by atomic mass is 127. The molecule has 0 aromatic heterocycles. The van der Waals surface area contributed by atoms with Gasteiger partial charge in [0.25, 0.3) is 0 Å². The molecule has 0 aliphatic heterocycles. The third kappa shape index (κ3) is 3.99. The van der Waals surface area contributed by atoms with Gasteiger partial charge in [-0.1, -0.05) is 25.1 Å². The molecule has 0 atom stereocenters. The molecule has 2 aromatic carbocycles. The Bertz CT molecular complexity index is 496. The van der Waals surface area contributed by atoms with Crippen molar-refractivity contribution < 1.29 is 4.74 Å². The molecule has 1 N–H and O–H groups in total. The third-order valence-electron chi connectivity index (χ3n) is 2.53. The first-order valence-corrected chi connectivity index (χ1v) is 7.09. The standard InChI is InChI=1S/C15H16INO/c1-2-17-11-12-6-8-14(9-7-12)18-15-5-3-4-13(16)10-15/h3-10,17H,2,11H2,1H3. The lowest BCUT2D eigenvalue weighted by atomic mass is 10.2. The largest absolute Gasteiger partial charge is 0.457 e. The Morgan fingerprint density at radius 2 is 1.83 bits per heavy atom. The van der Waals surface area contributed by atoms with Crippen LogP contribution in [0.1, 0.15) is 12.5 Å². The van der Waals surface area contributed by atoms with E-state index in [0.717, 1.165) is 24.6 Å². The SMILES string of the molecule is CCNCc1ccc(Oc2cccc(I)c2)cc1. The van der Waals surface area contributed by atoms with Gasteiger partial charge in [-0.25, -0.2) is 0 Å². The molecule has 0 amide bonds. The molecule has 3 heteroatoms. The summed E-state index contributed by atoms with van der Waals surface area (Å²) in [7, 11) is 0. The van der Waals surface area contributed by atoms with E-state index in [1.807, 2.05) is 36.4 Å². The maximum Gasteiger partial charge on any atom is 0.128 e. The van der Waals surface area contributed by atoms with E-state index >= 15 is 0 Å². The third-order valence-corrected chi connectivity index (χ3v) is 3.21. The normalized spacial score (nSPS) is 10.3. The van der Waals surface area contributed by atoms with Crippen molar-refractivity contribution in [1.29, 1.82) is 0 Å². The van der Waals surface area contributed by atoms with Crippen LogP contribution in [-0.4, -0.2) is 6.54 Å². The van der Waals surface area contributed by atoms with Crippen LogP contribution in [0.4, 0.5) is 0 Å². The van der Waals surface area contributed by atoms with Gasteiger partial charge >= 0.3 is 0 Å². The van der Waals surface area contributed by atoms with Gasteiger partial charge < -0.3 is 10.1 Å². The molecule has 0 bridgehead atoms. The van der Waals surface area contributed by atoms with Crippen molar-refractivity contribution in [2.75, 3.05) is 6.54 Å². The molecule has 2 aromatic rings. The fourth-order valence-corrected chi connectivity index (χ4v) is 2.13. The Morgan fingerprint density at radius 1 is 1.06 bits per heavy atom. The highest BCUT2D eigenvalue weighted by Crippen LogP contribution is 2.23. The maximum atomic E-state index is 5.79. The minimum Gasteiger partial charge on any atom is -0.457 e. The second-order valence-corrected chi connectivity index (χ2v) is 5.23. The van der Waals surface area contributed by atoms with Crippen LogP contribution in [0, 0.1) is 3.57 Å². The summed E-state index contributed by atoms with van der Waals surface area (Å²) in [5.74, 6) is 1.75. The highest BCUT2D eigenvalue weighted by Gasteiger charge is 1.98. The average molecular weight is 353 g/mol. The smallest absolute Gasteiger partial charge is 0.128 e. The molecule has 0 saturated carbocycles. The Labute approximate surface area is 122 Å². The van der Waals surface area contributed by atoms with Gasteiger partial charge in [0.15, 0.2) is 0 Å². The van der Waals surface area contributed by atoms with Gasteiger partial charge in [-0.3, -0.25) is 0 Å². The van der Waals surface area contributed by atoms with Gasteiger partial charge in [-0.15, -0.1) is 0 Å². The van der Waals surface area contributed by atoms with Crippen molar-refractivity contribution in [3.8, 4) is 11.5 Å². The van der Waals surface area contributed by atoms with Gasteiger partial charge in [0.05, 0.1) is 0 Å². The molecule has 94 valence electrons. The molecule has 2 rings (SSSR count). The lowest BCUT2D eigenvalue weighted by molar-refractivity contribution is 0.482. The Balaban J connectivity index is 2.02. The van der Waals surface area contributed by atoms with E-state index in [9.17, 15) is 0 Å². The summed E-state index contributed by atoms with van der Waals surface area (Å²) in [6.45, 7) is 4.00. The molecule has 0 heterocycles. The van der Waals surface area contributed by atoms with E-state index in [2.05, 4.69) is 47.0 Å². The van der Waals surface area contributed by atoms with Crippen LogP contribution < -0.4 is 10.1 Å². The second-order valence-electron chi connectivity index (χ2n) is 3.98. The van der Waals surface area contributed by atoms with Crippen LogP contribution in [0.5, 0.6) is 11.5 Å². The summed E-state index contributed by atoms with van der Waals surface area (Å²) in [6.07, 6.45) is 0. The topological polar surface area (TPSA) is 21.3 Å². The molecule has 0 aliphatic rings. The molecular weight excluding hydrogens is 337 g/mol. The molecule has 0 saturated heterocycles. The molecule has 0 spiro atoms. The van der Waals surface area contributed by atoms with Crippen LogP contribution >= 0.6 is 22.6 Å². The lowest BCUT2D eigenvalue weighted by Crippen LogP contribution is -2.11. The van der Waals surface area contributed by atoms with Crippen molar-refractivity contribution in [2.45, 2.75) is 13.5 Å². The maximum absolute atomic E-state index is 5.79. The van der Waals surface area contributed by atoms with Gasteiger partial charge in [-0.05, 0) is 65.0 Å². The summed E-state index contributed by atoms with van der Waals surface area (Å²) in [4.78, 5) is 0. The zero-order chi connectivity index (χ0) is 12.8. The van der Waals surface area contributed by atoms with Crippen LogP contribution in [0.3, 0.4) is 0 Å². The first-order chi connectivity index (χ1) is 8.78. The predicted molar refractivity (Wildman–Crippen MR) is 83.1 cm³/mol. The second kappa shape index (κ2) is 6.75. The Kier molecular flexibility index (Phi) is 5.01. The van der Waals surface area contributed by atoms with Crippen molar-refractivity contribution in [3.63, 3.8) is 0 Å².